The Bertz CT molecular complexity index is 458. The van der Waals surface area contributed by atoms with Crippen molar-refractivity contribution >= 4 is 0 Å². The van der Waals surface area contributed by atoms with Gasteiger partial charge in [-0.1, -0.05) is 0 Å². The minimum Gasteiger partial charge on any atom is -0.393 e. The minimum atomic E-state index is -0.207. The second-order valence-corrected chi connectivity index (χ2v) is 7.96. The molecule has 1 aromatic heterocycles. The van der Waals surface area contributed by atoms with Crippen molar-refractivity contribution in [2.75, 3.05) is 0 Å². The summed E-state index contributed by atoms with van der Waals surface area (Å²) >= 11 is 0. The molecule has 3 heteroatoms. The molecule has 110 valence electrons. The Morgan fingerprint density at radius 1 is 1.25 bits per heavy atom. The third-order valence-corrected chi connectivity index (χ3v) is 6.05. The first-order chi connectivity index (χ1) is 9.60. The van der Waals surface area contributed by atoms with Crippen LogP contribution >= 0.6 is 0 Å². The smallest absolute Gasteiger partial charge is 0.0650 e. The number of hydrogen-bond donors (Lipinski definition) is 1. The summed E-state index contributed by atoms with van der Waals surface area (Å²) in [5, 5.41) is 14.9. The molecule has 0 saturated heterocycles. The molecule has 4 bridgehead atoms. The Kier molecular flexibility index (Phi) is 2.95. The molecule has 1 unspecified atom stereocenters. The summed E-state index contributed by atoms with van der Waals surface area (Å²) in [7, 11) is 1.94. The Hall–Kier alpha value is -0.830. The number of aliphatic hydroxyl groups is 1. The monoisotopic (exact) mass is 274 g/mol. The highest BCUT2D eigenvalue weighted by Crippen LogP contribution is 2.61. The van der Waals surface area contributed by atoms with Gasteiger partial charge in [-0.05, 0) is 74.2 Å². The van der Waals surface area contributed by atoms with E-state index in [-0.39, 0.29) is 6.10 Å². The van der Waals surface area contributed by atoms with Gasteiger partial charge in [0.2, 0.25) is 0 Å². The maximum atomic E-state index is 10.5. The van der Waals surface area contributed by atoms with Gasteiger partial charge in [0.1, 0.15) is 0 Å². The summed E-state index contributed by atoms with van der Waals surface area (Å²) in [5.74, 6) is 2.93. The van der Waals surface area contributed by atoms with Crippen molar-refractivity contribution in [2.45, 2.75) is 57.5 Å². The lowest BCUT2D eigenvalue weighted by atomic mass is 9.48. The van der Waals surface area contributed by atoms with E-state index in [4.69, 9.17) is 0 Å². The summed E-state index contributed by atoms with van der Waals surface area (Å²) in [4.78, 5) is 0. The summed E-state index contributed by atoms with van der Waals surface area (Å²) < 4.78 is 1.83. The Labute approximate surface area is 121 Å². The number of rotatable bonds is 4. The van der Waals surface area contributed by atoms with Crippen molar-refractivity contribution in [2.24, 2.45) is 30.2 Å². The lowest BCUT2D eigenvalue weighted by Crippen LogP contribution is -2.47. The summed E-state index contributed by atoms with van der Waals surface area (Å²) in [6, 6.07) is 2.03. The molecular weight excluding hydrogens is 248 g/mol. The molecule has 3 nitrogen and oxygen atoms in total. The summed E-state index contributed by atoms with van der Waals surface area (Å²) in [6.07, 6.45) is 12.1. The molecule has 0 radical (unpaired) electrons. The van der Waals surface area contributed by atoms with Crippen molar-refractivity contribution in [3.05, 3.63) is 18.0 Å². The van der Waals surface area contributed by atoms with Crippen molar-refractivity contribution in [3.8, 4) is 0 Å². The van der Waals surface area contributed by atoms with Crippen LogP contribution in [0.3, 0.4) is 0 Å². The average Bonchev–Trinajstić information content (AvgIpc) is 2.71. The van der Waals surface area contributed by atoms with Crippen LogP contribution in [0.1, 0.15) is 50.6 Å². The van der Waals surface area contributed by atoms with Gasteiger partial charge in [-0.25, -0.2) is 0 Å². The third-order valence-electron chi connectivity index (χ3n) is 6.05. The van der Waals surface area contributed by atoms with Gasteiger partial charge in [0.15, 0.2) is 0 Å². The van der Waals surface area contributed by atoms with E-state index in [1.165, 1.54) is 38.5 Å². The van der Waals surface area contributed by atoms with Crippen LogP contribution in [-0.2, 0) is 13.5 Å². The Balaban J connectivity index is 1.43. The van der Waals surface area contributed by atoms with E-state index in [2.05, 4.69) is 5.10 Å². The van der Waals surface area contributed by atoms with Gasteiger partial charge in [0.05, 0.1) is 11.8 Å². The van der Waals surface area contributed by atoms with Crippen LogP contribution in [0, 0.1) is 23.2 Å². The van der Waals surface area contributed by atoms with Gasteiger partial charge in [-0.2, -0.15) is 5.10 Å². The molecule has 4 aliphatic rings. The average molecular weight is 274 g/mol. The van der Waals surface area contributed by atoms with Crippen LogP contribution in [0.25, 0.3) is 0 Å². The zero-order valence-corrected chi connectivity index (χ0v) is 12.5. The predicted octanol–water partition coefficient (Wildman–Crippen LogP) is 2.93. The third kappa shape index (κ3) is 2.30. The molecular formula is C17H26N2O. The molecule has 1 aromatic rings. The first-order valence-electron chi connectivity index (χ1n) is 8.27. The first-order valence-corrected chi connectivity index (χ1v) is 8.27. The van der Waals surface area contributed by atoms with Crippen LogP contribution in [0.5, 0.6) is 0 Å². The molecule has 1 heterocycles. The van der Waals surface area contributed by atoms with Crippen LogP contribution in [0.15, 0.2) is 12.3 Å². The fraction of sp³-hybridized carbons (Fsp3) is 0.824. The van der Waals surface area contributed by atoms with Gasteiger partial charge < -0.3 is 5.11 Å². The molecule has 20 heavy (non-hydrogen) atoms. The lowest BCUT2D eigenvalue weighted by Gasteiger charge is -2.57. The van der Waals surface area contributed by atoms with E-state index >= 15 is 0 Å². The van der Waals surface area contributed by atoms with Gasteiger partial charge in [-0.3, -0.25) is 4.68 Å². The molecule has 0 aliphatic heterocycles. The maximum absolute atomic E-state index is 10.5. The van der Waals surface area contributed by atoms with E-state index in [0.717, 1.165) is 36.3 Å². The van der Waals surface area contributed by atoms with Gasteiger partial charge >= 0.3 is 0 Å². The van der Waals surface area contributed by atoms with E-state index in [0.29, 0.717) is 5.41 Å². The minimum absolute atomic E-state index is 0.207. The highest BCUT2D eigenvalue weighted by atomic mass is 16.3. The molecule has 0 aromatic carbocycles. The standard InChI is InChI=1S/C17H26N2O/c1-19-3-2-15(18-19)7-16(20)11-17-8-12-4-13(9-17)6-14(5-12)10-17/h2-3,12-14,16,20H,4-11H2,1H3. The van der Waals surface area contributed by atoms with Crippen molar-refractivity contribution in [1.82, 2.24) is 9.78 Å². The fourth-order valence-electron chi connectivity index (χ4n) is 5.93. The molecule has 1 atom stereocenters. The number of nitrogens with zero attached hydrogens (tertiary/aromatic N) is 2. The Morgan fingerprint density at radius 3 is 2.35 bits per heavy atom. The van der Waals surface area contributed by atoms with E-state index in [1.807, 2.05) is 24.0 Å². The van der Waals surface area contributed by atoms with E-state index < -0.39 is 0 Å². The summed E-state index contributed by atoms with van der Waals surface area (Å²) in [6.45, 7) is 0. The predicted molar refractivity (Wildman–Crippen MR) is 78.1 cm³/mol. The largest absolute Gasteiger partial charge is 0.393 e. The topological polar surface area (TPSA) is 38.0 Å². The van der Waals surface area contributed by atoms with Crippen LogP contribution < -0.4 is 0 Å². The lowest BCUT2D eigenvalue weighted by molar-refractivity contribution is -0.0757. The molecule has 4 saturated carbocycles. The van der Waals surface area contributed by atoms with E-state index in [1.54, 1.807) is 0 Å². The maximum Gasteiger partial charge on any atom is 0.0650 e. The normalized spacial score (nSPS) is 40.2. The number of aliphatic hydroxyl groups excluding tert-OH is 1. The number of aromatic nitrogens is 2. The molecule has 0 spiro atoms. The molecule has 4 aliphatic carbocycles. The second-order valence-electron chi connectivity index (χ2n) is 7.96. The highest BCUT2D eigenvalue weighted by Gasteiger charge is 2.51. The molecule has 1 N–H and O–H groups in total. The quantitative estimate of drug-likeness (QED) is 0.916. The molecule has 0 amide bonds. The number of aryl methyl sites for hydroxylation is 1. The Morgan fingerprint density at radius 2 is 1.85 bits per heavy atom. The first kappa shape index (κ1) is 12.9. The SMILES string of the molecule is Cn1ccc(CC(O)CC23CC4CC(CC(C4)C2)C3)n1. The van der Waals surface area contributed by atoms with Crippen molar-refractivity contribution < 1.29 is 5.11 Å². The van der Waals surface area contributed by atoms with Crippen LogP contribution in [0.4, 0.5) is 0 Å². The second kappa shape index (κ2) is 4.59. The van der Waals surface area contributed by atoms with Gasteiger partial charge in [0, 0.05) is 19.7 Å². The zero-order chi connectivity index (χ0) is 13.7. The van der Waals surface area contributed by atoms with E-state index in [9.17, 15) is 5.11 Å². The molecule has 5 rings (SSSR count). The van der Waals surface area contributed by atoms with Gasteiger partial charge in [0.25, 0.3) is 0 Å². The van der Waals surface area contributed by atoms with Gasteiger partial charge in [-0.15, -0.1) is 0 Å². The fourth-order valence-corrected chi connectivity index (χ4v) is 5.93. The highest BCUT2D eigenvalue weighted by molar-refractivity contribution is 5.04. The summed E-state index contributed by atoms with van der Waals surface area (Å²) in [5.41, 5.74) is 1.51. The number of hydrogen-bond acceptors (Lipinski definition) is 2. The van der Waals surface area contributed by atoms with Crippen molar-refractivity contribution in [3.63, 3.8) is 0 Å². The zero-order valence-electron chi connectivity index (χ0n) is 12.5. The molecule has 4 fully saturated rings. The van der Waals surface area contributed by atoms with Crippen molar-refractivity contribution in [1.29, 1.82) is 0 Å². The van der Waals surface area contributed by atoms with Crippen LogP contribution in [-0.4, -0.2) is 21.0 Å². The van der Waals surface area contributed by atoms with Crippen LogP contribution in [0.2, 0.25) is 0 Å².